The number of benzene rings is 1. The highest BCUT2D eigenvalue weighted by Crippen LogP contribution is 2.30. The van der Waals surface area contributed by atoms with Crippen molar-refractivity contribution in [1.82, 2.24) is 9.55 Å². The Kier molecular flexibility index (Phi) is 2.98. The molecule has 0 saturated heterocycles. The molecule has 0 unspecified atom stereocenters. The molecule has 0 radical (unpaired) electrons. The van der Waals surface area contributed by atoms with E-state index in [9.17, 15) is 4.39 Å². The van der Waals surface area contributed by atoms with Crippen molar-refractivity contribution in [2.45, 2.75) is 26.1 Å². The first-order chi connectivity index (χ1) is 9.16. The summed E-state index contributed by atoms with van der Waals surface area (Å²) in [7, 11) is 0. The molecule has 1 aromatic heterocycles. The summed E-state index contributed by atoms with van der Waals surface area (Å²) in [6.45, 7) is 4.21. The van der Waals surface area contributed by atoms with E-state index in [0.717, 1.165) is 24.6 Å². The fourth-order valence-corrected chi connectivity index (χ4v) is 2.63. The Bertz CT molecular complexity index is 591. The number of hydrogen-bond donors (Lipinski definition) is 1. The quantitative estimate of drug-likeness (QED) is 0.899. The zero-order chi connectivity index (χ0) is 13.4. The monoisotopic (exact) mass is 260 g/mol. The third-order valence-corrected chi connectivity index (χ3v) is 3.57. The van der Waals surface area contributed by atoms with Gasteiger partial charge in [-0.25, -0.2) is 9.37 Å². The van der Waals surface area contributed by atoms with Crippen LogP contribution < -0.4 is 10.6 Å². The second kappa shape index (κ2) is 4.66. The Morgan fingerprint density at radius 1 is 1.37 bits per heavy atom. The van der Waals surface area contributed by atoms with Crippen molar-refractivity contribution in [2.75, 3.05) is 11.4 Å². The van der Waals surface area contributed by atoms with Gasteiger partial charge in [0.1, 0.15) is 11.6 Å². The standard InChI is InChI=1S/C14H17FN4/c1-10(16)14-11(15)3-2-4-12(14)19-8-7-18-6-5-17-13(18)9-19/h2-6,10H,7-9,16H2,1H3/t10-/m0/s1. The second-order valence-corrected chi connectivity index (χ2v) is 4.92. The average Bonchev–Trinajstić information content (AvgIpc) is 2.85. The van der Waals surface area contributed by atoms with E-state index in [2.05, 4.69) is 14.5 Å². The molecular formula is C14H17FN4. The van der Waals surface area contributed by atoms with Crippen molar-refractivity contribution >= 4 is 5.69 Å². The maximum atomic E-state index is 14.0. The Hall–Kier alpha value is -1.88. The maximum Gasteiger partial charge on any atom is 0.130 e. The molecule has 2 N–H and O–H groups in total. The van der Waals surface area contributed by atoms with Crippen molar-refractivity contribution in [2.24, 2.45) is 5.73 Å². The van der Waals surface area contributed by atoms with E-state index in [-0.39, 0.29) is 11.9 Å². The molecule has 1 atom stereocenters. The molecule has 5 heteroatoms. The number of anilines is 1. The van der Waals surface area contributed by atoms with Gasteiger partial charge in [-0.15, -0.1) is 0 Å². The maximum absolute atomic E-state index is 14.0. The van der Waals surface area contributed by atoms with Crippen LogP contribution in [0.15, 0.2) is 30.6 Å². The molecule has 0 spiro atoms. The van der Waals surface area contributed by atoms with E-state index in [4.69, 9.17) is 5.73 Å². The molecule has 0 fully saturated rings. The Morgan fingerprint density at radius 3 is 3.00 bits per heavy atom. The highest BCUT2D eigenvalue weighted by Gasteiger charge is 2.22. The van der Waals surface area contributed by atoms with Gasteiger partial charge >= 0.3 is 0 Å². The van der Waals surface area contributed by atoms with Crippen molar-refractivity contribution in [3.63, 3.8) is 0 Å². The van der Waals surface area contributed by atoms with Gasteiger partial charge in [-0.1, -0.05) is 6.07 Å². The third kappa shape index (κ3) is 2.10. The van der Waals surface area contributed by atoms with E-state index in [1.54, 1.807) is 12.3 Å². The highest BCUT2D eigenvalue weighted by atomic mass is 19.1. The lowest BCUT2D eigenvalue weighted by atomic mass is 10.0. The molecule has 0 bridgehead atoms. The summed E-state index contributed by atoms with van der Waals surface area (Å²) in [4.78, 5) is 6.47. The van der Waals surface area contributed by atoms with E-state index < -0.39 is 0 Å². The molecule has 0 amide bonds. The summed E-state index contributed by atoms with van der Waals surface area (Å²) in [5.74, 6) is 0.771. The lowest BCUT2D eigenvalue weighted by Crippen LogP contribution is -2.34. The van der Waals surface area contributed by atoms with Crippen molar-refractivity contribution in [3.05, 3.63) is 47.8 Å². The van der Waals surface area contributed by atoms with Gasteiger partial charge in [-0.05, 0) is 19.1 Å². The second-order valence-electron chi connectivity index (χ2n) is 4.92. The van der Waals surface area contributed by atoms with Crippen LogP contribution in [0.25, 0.3) is 0 Å². The Morgan fingerprint density at radius 2 is 2.21 bits per heavy atom. The van der Waals surface area contributed by atoms with Gasteiger partial charge in [0.25, 0.3) is 0 Å². The summed E-state index contributed by atoms with van der Waals surface area (Å²) >= 11 is 0. The van der Waals surface area contributed by atoms with Gasteiger partial charge < -0.3 is 15.2 Å². The Balaban J connectivity index is 1.98. The minimum atomic E-state index is -0.321. The zero-order valence-corrected chi connectivity index (χ0v) is 10.9. The molecule has 100 valence electrons. The van der Waals surface area contributed by atoms with Gasteiger partial charge in [0, 0.05) is 42.8 Å². The predicted octanol–water partition coefficient (Wildman–Crippen LogP) is 2.06. The first kappa shape index (κ1) is 12.2. The topological polar surface area (TPSA) is 47.1 Å². The molecular weight excluding hydrogens is 243 g/mol. The van der Waals surface area contributed by atoms with Gasteiger partial charge in [0.15, 0.2) is 0 Å². The van der Waals surface area contributed by atoms with Crippen LogP contribution in [0.3, 0.4) is 0 Å². The van der Waals surface area contributed by atoms with E-state index in [1.807, 2.05) is 19.2 Å². The molecule has 2 aromatic rings. The molecule has 0 saturated carbocycles. The molecule has 2 heterocycles. The largest absolute Gasteiger partial charge is 0.362 e. The normalized spacial score (nSPS) is 16.3. The number of fused-ring (bicyclic) bond motifs is 1. The fraction of sp³-hybridized carbons (Fsp3) is 0.357. The predicted molar refractivity (Wildman–Crippen MR) is 72.3 cm³/mol. The summed E-state index contributed by atoms with van der Waals surface area (Å²) in [5.41, 5.74) is 7.37. The lowest BCUT2D eigenvalue weighted by molar-refractivity contribution is 0.549. The summed E-state index contributed by atoms with van der Waals surface area (Å²) in [6.07, 6.45) is 3.78. The van der Waals surface area contributed by atoms with Crippen LogP contribution >= 0.6 is 0 Å². The molecule has 1 aliphatic heterocycles. The minimum absolute atomic E-state index is 0.235. The third-order valence-electron chi connectivity index (χ3n) is 3.57. The van der Waals surface area contributed by atoms with Crippen LogP contribution in [0.5, 0.6) is 0 Å². The van der Waals surface area contributed by atoms with Crippen molar-refractivity contribution in [1.29, 1.82) is 0 Å². The first-order valence-corrected chi connectivity index (χ1v) is 6.46. The summed E-state index contributed by atoms with van der Waals surface area (Å²) in [6, 6.07) is 4.81. The van der Waals surface area contributed by atoms with Crippen LogP contribution in [-0.2, 0) is 13.1 Å². The SMILES string of the molecule is C[C@H](N)c1c(F)cccc1N1CCn2ccnc2C1. The lowest BCUT2D eigenvalue weighted by Gasteiger charge is -2.32. The minimum Gasteiger partial charge on any atom is -0.362 e. The van der Waals surface area contributed by atoms with Gasteiger partial charge in [0.2, 0.25) is 0 Å². The number of imidazole rings is 1. The molecule has 1 aliphatic rings. The van der Waals surface area contributed by atoms with Gasteiger partial charge in [-0.2, -0.15) is 0 Å². The van der Waals surface area contributed by atoms with Crippen LogP contribution in [0.2, 0.25) is 0 Å². The molecule has 19 heavy (non-hydrogen) atoms. The molecule has 0 aliphatic carbocycles. The zero-order valence-electron chi connectivity index (χ0n) is 10.9. The highest BCUT2D eigenvalue weighted by molar-refractivity contribution is 5.55. The number of nitrogens with zero attached hydrogens (tertiary/aromatic N) is 3. The average molecular weight is 260 g/mol. The van der Waals surface area contributed by atoms with Crippen LogP contribution in [-0.4, -0.2) is 16.1 Å². The Labute approximate surface area is 111 Å². The van der Waals surface area contributed by atoms with E-state index >= 15 is 0 Å². The van der Waals surface area contributed by atoms with Crippen LogP contribution in [0, 0.1) is 5.82 Å². The van der Waals surface area contributed by atoms with Crippen molar-refractivity contribution < 1.29 is 4.39 Å². The number of rotatable bonds is 2. The molecule has 1 aromatic carbocycles. The van der Waals surface area contributed by atoms with E-state index in [1.165, 1.54) is 6.07 Å². The number of nitrogens with two attached hydrogens (primary N) is 1. The van der Waals surface area contributed by atoms with E-state index in [0.29, 0.717) is 12.1 Å². The fourth-order valence-electron chi connectivity index (χ4n) is 2.63. The number of halogens is 1. The van der Waals surface area contributed by atoms with Crippen LogP contribution in [0.1, 0.15) is 24.4 Å². The van der Waals surface area contributed by atoms with Crippen LogP contribution in [0.4, 0.5) is 10.1 Å². The molecule has 3 rings (SSSR count). The summed E-state index contributed by atoms with van der Waals surface area (Å²) < 4.78 is 16.1. The summed E-state index contributed by atoms with van der Waals surface area (Å²) in [5, 5.41) is 0. The first-order valence-electron chi connectivity index (χ1n) is 6.46. The smallest absolute Gasteiger partial charge is 0.130 e. The number of aromatic nitrogens is 2. The number of hydrogen-bond acceptors (Lipinski definition) is 3. The van der Waals surface area contributed by atoms with Gasteiger partial charge in [-0.3, -0.25) is 0 Å². The van der Waals surface area contributed by atoms with Crippen molar-refractivity contribution in [3.8, 4) is 0 Å². The molecule has 4 nitrogen and oxygen atoms in total. The van der Waals surface area contributed by atoms with Gasteiger partial charge in [0.05, 0.1) is 6.54 Å².